The van der Waals surface area contributed by atoms with E-state index in [0.717, 1.165) is 21.7 Å². The third-order valence-electron chi connectivity index (χ3n) is 4.72. The molecule has 0 aliphatic carbocycles. The van der Waals surface area contributed by atoms with Crippen molar-refractivity contribution in [3.63, 3.8) is 0 Å². The van der Waals surface area contributed by atoms with E-state index < -0.39 is 0 Å². The molecule has 152 valence electrons. The van der Waals surface area contributed by atoms with Gasteiger partial charge in [0.1, 0.15) is 4.70 Å². The molecule has 0 bridgehead atoms. The van der Waals surface area contributed by atoms with Crippen LogP contribution in [0.5, 0.6) is 0 Å². The number of carbonyl (C=O) groups excluding carboxylic acids is 1. The molecule has 0 saturated carbocycles. The average molecular weight is 436 g/mol. The molecular weight excluding hydrogens is 414 g/mol. The quantitative estimate of drug-likeness (QED) is 0.335. The van der Waals surface area contributed by atoms with Crippen LogP contribution in [0.15, 0.2) is 70.6 Å². The number of carbonyl (C=O) groups is 1. The van der Waals surface area contributed by atoms with E-state index in [1.165, 1.54) is 23.1 Å². The summed E-state index contributed by atoms with van der Waals surface area (Å²) in [5.74, 6) is 0.0590. The second kappa shape index (κ2) is 8.85. The van der Waals surface area contributed by atoms with Gasteiger partial charge in [0.15, 0.2) is 5.16 Å². The number of rotatable bonds is 6. The maximum Gasteiger partial charge on any atom is 0.272 e. The Morgan fingerprint density at radius 2 is 1.87 bits per heavy atom. The maximum atomic E-state index is 13.0. The Morgan fingerprint density at radius 1 is 1.13 bits per heavy atom. The van der Waals surface area contributed by atoms with Crippen LogP contribution in [0.4, 0.5) is 5.69 Å². The first-order chi connectivity index (χ1) is 14.6. The van der Waals surface area contributed by atoms with Crippen LogP contribution in [0, 0.1) is 6.92 Å². The van der Waals surface area contributed by atoms with Gasteiger partial charge in [-0.05, 0) is 37.1 Å². The Bertz CT molecular complexity index is 1260. The number of nitrogens with one attached hydrogen (secondary N) is 1. The van der Waals surface area contributed by atoms with Gasteiger partial charge in [-0.2, -0.15) is 0 Å². The number of benzene rings is 2. The lowest BCUT2D eigenvalue weighted by Crippen LogP contribution is -2.22. The Hall–Kier alpha value is -2.90. The SMILES string of the molecule is CCn1c(SCC(=O)Nc2ccccc2C)nc2cc(-c3ccccc3)sc2c1=O. The van der Waals surface area contributed by atoms with E-state index in [4.69, 9.17) is 4.98 Å². The van der Waals surface area contributed by atoms with Crippen molar-refractivity contribution in [1.29, 1.82) is 0 Å². The predicted molar refractivity (Wildman–Crippen MR) is 126 cm³/mol. The van der Waals surface area contributed by atoms with Crippen molar-refractivity contribution in [2.24, 2.45) is 0 Å². The third-order valence-corrected chi connectivity index (χ3v) is 6.86. The van der Waals surface area contributed by atoms with E-state index in [2.05, 4.69) is 5.32 Å². The largest absolute Gasteiger partial charge is 0.325 e. The number of aromatic nitrogens is 2. The van der Waals surface area contributed by atoms with Gasteiger partial charge >= 0.3 is 0 Å². The molecule has 0 unspecified atom stereocenters. The van der Waals surface area contributed by atoms with Gasteiger partial charge in [-0.15, -0.1) is 11.3 Å². The number of thiophene rings is 1. The van der Waals surface area contributed by atoms with Gasteiger partial charge in [0.05, 0.1) is 11.3 Å². The van der Waals surface area contributed by atoms with Crippen LogP contribution < -0.4 is 10.9 Å². The Morgan fingerprint density at radius 3 is 2.60 bits per heavy atom. The van der Waals surface area contributed by atoms with E-state index in [0.29, 0.717) is 21.9 Å². The van der Waals surface area contributed by atoms with Crippen LogP contribution in [0.3, 0.4) is 0 Å². The number of amides is 1. The summed E-state index contributed by atoms with van der Waals surface area (Å²) in [6.45, 7) is 4.37. The number of aryl methyl sites for hydroxylation is 1. The van der Waals surface area contributed by atoms with E-state index in [1.54, 1.807) is 4.57 Å². The van der Waals surface area contributed by atoms with Gasteiger partial charge in [0.2, 0.25) is 5.91 Å². The fourth-order valence-electron chi connectivity index (χ4n) is 3.15. The third kappa shape index (κ3) is 4.17. The van der Waals surface area contributed by atoms with Gasteiger partial charge in [-0.1, -0.05) is 60.3 Å². The molecular formula is C23H21N3O2S2. The molecule has 0 spiro atoms. The lowest BCUT2D eigenvalue weighted by atomic mass is 10.2. The first-order valence-electron chi connectivity index (χ1n) is 9.65. The molecule has 1 N–H and O–H groups in total. The highest BCUT2D eigenvalue weighted by molar-refractivity contribution is 7.99. The summed E-state index contributed by atoms with van der Waals surface area (Å²) < 4.78 is 2.28. The standard InChI is InChI=1S/C23H21N3O2S2/c1-3-26-22(28)21-18(13-19(30-21)16-10-5-4-6-11-16)25-23(26)29-14-20(27)24-17-12-8-7-9-15(17)2/h4-13H,3,14H2,1-2H3,(H,24,27). The second-order valence-corrected chi connectivity index (χ2v) is 8.78. The number of nitrogens with zero attached hydrogens (tertiary/aromatic N) is 2. The summed E-state index contributed by atoms with van der Waals surface area (Å²) >= 11 is 2.74. The van der Waals surface area contributed by atoms with Crippen molar-refractivity contribution in [2.45, 2.75) is 25.5 Å². The predicted octanol–water partition coefficient (Wildman–Crippen LogP) is 5.18. The first-order valence-corrected chi connectivity index (χ1v) is 11.4. The minimum absolute atomic E-state index is 0.0588. The summed E-state index contributed by atoms with van der Waals surface area (Å²) in [7, 11) is 0. The topological polar surface area (TPSA) is 64.0 Å². The number of hydrogen-bond donors (Lipinski definition) is 1. The number of anilines is 1. The molecule has 5 nitrogen and oxygen atoms in total. The molecule has 7 heteroatoms. The van der Waals surface area contributed by atoms with Crippen molar-refractivity contribution >= 4 is 44.9 Å². The number of thioether (sulfide) groups is 1. The van der Waals surface area contributed by atoms with Gasteiger partial charge in [0, 0.05) is 17.1 Å². The lowest BCUT2D eigenvalue weighted by molar-refractivity contribution is -0.113. The van der Waals surface area contributed by atoms with Crippen LogP contribution in [0.25, 0.3) is 20.7 Å². The van der Waals surface area contributed by atoms with Gasteiger partial charge in [-0.25, -0.2) is 4.98 Å². The van der Waals surface area contributed by atoms with E-state index in [1.807, 2.05) is 74.5 Å². The number of para-hydroxylation sites is 1. The van der Waals surface area contributed by atoms with Crippen LogP contribution in [0.1, 0.15) is 12.5 Å². The molecule has 0 radical (unpaired) electrons. The normalized spacial score (nSPS) is 11.0. The second-order valence-electron chi connectivity index (χ2n) is 6.79. The maximum absolute atomic E-state index is 13.0. The highest BCUT2D eigenvalue weighted by Crippen LogP contribution is 2.32. The zero-order valence-corrected chi connectivity index (χ0v) is 18.3. The Balaban J connectivity index is 1.59. The average Bonchev–Trinajstić information content (AvgIpc) is 3.19. The monoisotopic (exact) mass is 435 g/mol. The molecule has 0 aliphatic heterocycles. The van der Waals surface area contributed by atoms with Crippen molar-refractivity contribution < 1.29 is 4.79 Å². The molecule has 4 aromatic rings. The molecule has 30 heavy (non-hydrogen) atoms. The summed E-state index contributed by atoms with van der Waals surface area (Å²) in [6.07, 6.45) is 0. The summed E-state index contributed by atoms with van der Waals surface area (Å²) in [5.41, 5.74) is 3.49. The number of fused-ring (bicyclic) bond motifs is 1. The first kappa shape index (κ1) is 20.4. The lowest BCUT2D eigenvalue weighted by Gasteiger charge is -2.10. The summed E-state index contributed by atoms with van der Waals surface area (Å²) in [4.78, 5) is 31.2. The molecule has 0 atom stereocenters. The van der Waals surface area contributed by atoms with Crippen molar-refractivity contribution in [3.05, 3.63) is 76.6 Å². The minimum atomic E-state index is -0.124. The molecule has 1 amide bonds. The van der Waals surface area contributed by atoms with Gasteiger partial charge in [-0.3, -0.25) is 14.2 Å². The molecule has 2 aromatic heterocycles. The molecule has 0 aliphatic rings. The van der Waals surface area contributed by atoms with Crippen LogP contribution in [0.2, 0.25) is 0 Å². The van der Waals surface area contributed by atoms with Crippen LogP contribution in [-0.2, 0) is 11.3 Å². The Labute approximate surface area is 182 Å². The van der Waals surface area contributed by atoms with Crippen LogP contribution >= 0.6 is 23.1 Å². The smallest absolute Gasteiger partial charge is 0.272 e. The van der Waals surface area contributed by atoms with Crippen molar-refractivity contribution in [1.82, 2.24) is 9.55 Å². The number of hydrogen-bond acceptors (Lipinski definition) is 5. The zero-order valence-electron chi connectivity index (χ0n) is 16.7. The fraction of sp³-hybridized carbons (Fsp3) is 0.174. The van der Waals surface area contributed by atoms with Gasteiger partial charge in [0.25, 0.3) is 5.56 Å². The van der Waals surface area contributed by atoms with Crippen molar-refractivity contribution in [2.75, 3.05) is 11.1 Å². The molecule has 0 fully saturated rings. The van der Waals surface area contributed by atoms with Crippen molar-refractivity contribution in [3.8, 4) is 10.4 Å². The minimum Gasteiger partial charge on any atom is -0.325 e. The molecule has 4 rings (SSSR count). The molecule has 0 saturated heterocycles. The van der Waals surface area contributed by atoms with Gasteiger partial charge < -0.3 is 5.32 Å². The summed E-state index contributed by atoms with van der Waals surface area (Å²) in [5, 5.41) is 3.48. The zero-order chi connectivity index (χ0) is 21.1. The molecule has 2 aromatic carbocycles. The van der Waals surface area contributed by atoms with E-state index in [9.17, 15) is 9.59 Å². The van der Waals surface area contributed by atoms with E-state index in [-0.39, 0.29) is 17.2 Å². The highest BCUT2D eigenvalue weighted by atomic mass is 32.2. The Kier molecular flexibility index (Phi) is 6.01. The highest BCUT2D eigenvalue weighted by Gasteiger charge is 2.16. The van der Waals surface area contributed by atoms with E-state index >= 15 is 0 Å². The fourth-order valence-corrected chi connectivity index (χ4v) is 5.07. The molecule has 2 heterocycles. The summed E-state index contributed by atoms with van der Waals surface area (Å²) in [6, 6.07) is 19.6. The van der Waals surface area contributed by atoms with Crippen LogP contribution in [-0.4, -0.2) is 21.2 Å².